The summed E-state index contributed by atoms with van der Waals surface area (Å²) in [4.78, 5) is 16.9. The van der Waals surface area contributed by atoms with Crippen LogP contribution in [0.15, 0.2) is 42.5 Å². The SMILES string of the molecule is CCOC(=O)c1ccc(-c2ccccc2)nc1C(OCC)OCC. The van der Waals surface area contributed by atoms with Gasteiger partial charge in [-0.25, -0.2) is 9.78 Å². The Balaban J connectivity index is 2.49. The van der Waals surface area contributed by atoms with Gasteiger partial charge in [0, 0.05) is 18.8 Å². The third-order valence-corrected chi connectivity index (χ3v) is 3.35. The average molecular weight is 329 g/mol. The average Bonchev–Trinajstić information content (AvgIpc) is 2.62. The van der Waals surface area contributed by atoms with Gasteiger partial charge in [-0.05, 0) is 32.9 Å². The molecule has 0 aliphatic carbocycles. The van der Waals surface area contributed by atoms with Gasteiger partial charge in [0.2, 0.25) is 6.29 Å². The molecule has 2 aromatic rings. The molecule has 5 heteroatoms. The number of ether oxygens (including phenoxy) is 3. The van der Waals surface area contributed by atoms with E-state index in [1.54, 1.807) is 19.1 Å². The molecule has 2 rings (SSSR count). The van der Waals surface area contributed by atoms with E-state index in [1.807, 2.05) is 44.2 Å². The van der Waals surface area contributed by atoms with Gasteiger partial charge in [0.25, 0.3) is 0 Å². The molecule has 1 aromatic heterocycles. The molecule has 0 aliphatic rings. The number of carbonyl (C=O) groups is 1. The fourth-order valence-electron chi connectivity index (χ4n) is 2.31. The third-order valence-electron chi connectivity index (χ3n) is 3.35. The summed E-state index contributed by atoms with van der Waals surface area (Å²) >= 11 is 0. The lowest BCUT2D eigenvalue weighted by molar-refractivity contribution is -0.143. The lowest BCUT2D eigenvalue weighted by Gasteiger charge is -2.19. The summed E-state index contributed by atoms with van der Waals surface area (Å²) in [6.45, 7) is 6.71. The van der Waals surface area contributed by atoms with Crippen molar-refractivity contribution in [1.29, 1.82) is 0 Å². The first-order valence-corrected chi connectivity index (χ1v) is 8.17. The molecule has 0 spiro atoms. The standard InChI is InChI=1S/C19H23NO4/c1-4-22-18(21)15-12-13-16(14-10-8-7-9-11-14)20-17(15)19(23-5-2)24-6-3/h7-13,19H,4-6H2,1-3H3. The molecular formula is C19H23NO4. The quantitative estimate of drug-likeness (QED) is 0.541. The minimum Gasteiger partial charge on any atom is -0.462 e. The monoisotopic (exact) mass is 329 g/mol. The number of aromatic nitrogens is 1. The van der Waals surface area contributed by atoms with Crippen molar-refractivity contribution in [3.8, 4) is 11.3 Å². The van der Waals surface area contributed by atoms with Gasteiger partial charge in [-0.2, -0.15) is 0 Å². The van der Waals surface area contributed by atoms with Crippen molar-refractivity contribution in [3.05, 3.63) is 53.7 Å². The highest BCUT2D eigenvalue weighted by Crippen LogP contribution is 2.26. The Kier molecular flexibility index (Phi) is 6.90. The second-order valence-electron chi connectivity index (χ2n) is 4.96. The zero-order valence-electron chi connectivity index (χ0n) is 14.3. The minimum atomic E-state index is -0.705. The summed E-state index contributed by atoms with van der Waals surface area (Å²) in [6.07, 6.45) is -0.705. The van der Waals surface area contributed by atoms with Crippen molar-refractivity contribution < 1.29 is 19.0 Å². The van der Waals surface area contributed by atoms with Gasteiger partial charge in [-0.15, -0.1) is 0 Å². The molecule has 0 amide bonds. The normalized spacial score (nSPS) is 10.8. The van der Waals surface area contributed by atoms with Gasteiger partial charge >= 0.3 is 5.97 Å². The van der Waals surface area contributed by atoms with E-state index in [2.05, 4.69) is 4.98 Å². The molecule has 0 atom stereocenters. The van der Waals surface area contributed by atoms with Gasteiger partial charge in [0.1, 0.15) is 5.69 Å². The molecule has 0 radical (unpaired) electrons. The van der Waals surface area contributed by atoms with Gasteiger partial charge in [0.05, 0.1) is 17.9 Å². The first-order valence-electron chi connectivity index (χ1n) is 8.17. The molecule has 1 aromatic carbocycles. The Hall–Kier alpha value is -2.24. The number of hydrogen-bond acceptors (Lipinski definition) is 5. The Morgan fingerprint density at radius 3 is 2.21 bits per heavy atom. The van der Waals surface area contributed by atoms with Crippen molar-refractivity contribution in [1.82, 2.24) is 4.98 Å². The fourth-order valence-corrected chi connectivity index (χ4v) is 2.31. The molecule has 0 N–H and O–H groups in total. The van der Waals surface area contributed by atoms with Crippen LogP contribution < -0.4 is 0 Å². The molecule has 5 nitrogen and oxygen atoms in total. The minimum absolute atomic E-state index is 0.298. The molecule has 0 saturated carbocycles. The van der Waals surface area contributed by atoms with Crippen LogP contribution in [0.25, 0.3) is 11.3 Å². The number of benzene rings is 1. The molecule has 0 aliphatic heterocycles. The molecule has 0 unspecified atom stereocenters. The number of esters is 1. The predicted molar refractivity (Wildman–Crippen MR) is 91.6 cm³/mol. The van der Waals surface area contributed by atoms with Crippen LogP contribution in [0.5, 0.6) is 0 Å². The number of pyridine rings is 1. The van der Waals surface area contributed by atoms with Gasteiger partial charge in [0.15, 0.2) is 0 Å². The van der Waals surface area contributed by atoms with Crippen molar-refractivity contribution in [3.63, 3.8) is 0 Å². The molecule has 0 fully saturated rings. The highest BCUT2D eigenvalue weighted by Gasteiger charge is 2.23. The molecule has 0 bridgehead atoms. The number of hydrogen-bond donors (Lipinski definition) is 0. The van der Waals surface area contributed by atoms with Gasteiger partial charge < -0.3 is 14.2 Å². The van der Waals surface area contributed by atoms with Crippen molar-refractivity contribution in [2.45, 2.75) is 27.1 Å². The second-order valence-corrected chi connectivity index (χ2v) is 4.96. The zero-order chi connectivity index (χ0) is 17.4. The summed E-state index contributed by atoms with van der Waals surface area (Å²) in [5.41, 5.74) is 2.52. The van der Waals surface area contributed by atoms with Crippen LogP contribution in [0.1, 0.15) is 43.1 Å². The Morgan fingerprint density at radius 2 is 1.62 bits per heavy atom. The summed E-state index contributed by atoms with van der Waals surface area (Å²) < 4.78 is 16.4. The van der Waals surface area contributed by atoms with Crippen molar-refractivity contribution >= 4 is 5.97 Å². The highest BCUT2D eigenvalue weighted by molar-refractivity contribution is 5.91. The van der Waals surface area contributed by atoms with Crippen molar-refractivity contribution in [2.24, 2.45) is 0 Å². The van der Waals surface area contributed by atoms with Crippen LogP contribution in [0.4, 0.5) is 0 Å². The Labute approximate surface area is 142 Å². The van der Waals surface area contributed by atoms with E-state index in [0.29, 0.717) is 31.1 Å². The summed E-state index contributed by atoms with van der Waals surface area (Å²) in [5.74, 6) is -0.427. The molecule has 0 saturated heterocycles. The van der Waals surface area contributed by atoms with E-state index >= 15 is 0 Å². The maximum Gasteiger partial charge on any atom is 0.340 e. The van der Waals surface area contributed by atoms with Gasteiger partial charge in [-0.3, -0.25) is 0 Å². The predicted octanol–water partition coefficient (Wildman–Crippen LogP) is 4.00. The molecule has 1 heterocycles. The largest absolute Gasteiger partial charge is 0.462 e. The lowest BCUT2D eigenvalue weighted by atomic mass is 10.1. The molecule has 24 heavy (non-hydrogen) atoms. The summed E-state index contributed by atoms with van der Waals surface area (Å²) in [7, 11) is 0. The van der Waals surface area contributed by atoms with E-state index in [0.717, 1.165) is 11.3 Å². The van der Waals surface area contributed by atoms with E-state index in [9.17, 15) is 4.79 Å². The summed E-state index contributed by atoms with van der Waals surface area (Å²) in [6, 6.07) is 13.3. The number of rotatable bonds is 8. The topological polar surface area (TPSA) is 57.7 Å². The molecule has 128 valence electrons. The van der Waals surface area contributed by atoms with Crippen LogP contribution in [-0.2, 0) is 14.2 Å². The first kappa shape index (κ1) is 18.1. The Bertz CT molecular complexity index is 652. The van der Waals surface area contributed by atoms with E-state index in [4.69, 9.17) is 14.2 Å². The van der Waals surface area contributed by atoms with Crippen LogP contribution >= 0.6 is 0 Å². The lowest BCUT2D eigenvalue weighted by Crippen LogP contribution is -2.17. The maximum absolute atomic E-state index is 12.3. The van der Waals surface area contributed by atoms with Crippen LogP contribution in [0, 0.1) is 0 Å². The van der Waals surface area contributed by atoms with Crippen LogP contribution in [0.2, 0.25) is 0 Å². The highest BCUT2D eigenvalue weighted by atomic mass is 16.7. The maximum atomic E-state index is 12.3. The van der Waals surface area contributed by atoms with E-state index in [-0.39, 0.29) is 0 Å². The van der Waals surface area contributed by atoms with E-state index in [1.165, 1.54) is 0 Å². The molecular weight excluding hydrogens is 306 g/mol. The first-order chi connectivity index (χ1) is 11.7. The van der Waals surface area contributed by atoms with Crippen molar-refractivity contribution in [2.75, 3.05) is 19.8 Å². The number of nitrogens with zero attached hydrogens (tertiary/aromatic N) is 1. The second kappa shape index (κ2) is 9.15. The van der Waals surface area contributed by atoms with Crippen LogP contribution in [-0.4, -0.2) is 30.8 Å². The van der Waals surface area contributed by atoms with Gasteiger partial charge in [-0.1, -0.05) is 30.3 Å². The zero-order valence-corrected chi connectivity index (χ0v) is 14.3. The third kappa shape index (κ3) is 4.40. The van der Waals surface area contributed by atoms with Crippen LogP contribution in [0.3, 0.4) is 0 Å². The summed E-state index contributed by atoms with van der Waals surface area (Å²) in [5, 5.41) is 0. The smallest absolute Gasteiger partial charge is 0.340 e. The number of carbonyl (C=O) groups excluding carboxylic acids is 1. The fraction of sp³-hybridized carbons (Fsp3) is 0.368. The van der Waals surface area contributed by atoms with E-state index < -0.39 is 12.3 Å². The Morgan fingerprint density at radius 1 is 0.958 bits per heavy atom.